The van der Waals surface area contributed by atoms with Gasteiger partial charge in [0.1, 0.15) is 16.6 Å². The predicted octanol–water partition coefficient (Wildman–Crippen LogP) is 2.83. The SMILES string of the molecule is N#Cc1ccnc(Sc2nc3ccccc3o2)c1N. The van der Waals surface area contributed by atoms with Crippen LogP contribution < -0.4 is 5.73 Å². The molecule has 0 bridgehead atoms. The van der Waals surface area contributed by atoms with E-state index in [2.05, 4.69) is 9.97 Å². The molecule has 0 spiro atoms. The number of fused-ring (bicyclic) bond motifs is 1. The fourth-order valence-electron chi connectivity index (χ4n) is 1.61. The summed E-state index contributed by atoms with van der Waals surface area (Å²) >= 11 is 1.20. The molecule has 92 valence electrons. The van der Waals surface area contributed by atoms with Crippen LogP contribution in [0.4, 0.5) is 5.69 Å². The van der Waals surface area contributed by atoms with E-state index in [1.54, 1.807) is 12.3 Å². The minimum absolute atomic E-state index is 0.345. The van der Waals surface area contributed by atoms with E-state index >= 15 is 0 Å². The molecule has 1 aromatic carbocycles. The molecule has 6 heteroatoms. The number of benzene rings is 1. The lowest BCUT2D eigenvalue weighted by atomic mass is 10.2. The summed E-state index contributed by atoms with van der Waals surface area (Å²) < 4.78 is 5.57. The van der Waals surface area contributed by atoms with Gasteiger partial charge in [0.2, 0.25) is 0 Å². The van der Waals surface area contributed by atoms with Gasteiger partial charge >= 0.3 is 0 Å². The number of nitriles is 1. The van der Waals surface area contributed by atoms with Gasteiger partial charge in [-0.05, 0) is 30.0 Å². The van der Waals surface area contributed by atoms with Crippen molar-refractivity contribution < 1.29 is 4.42 Å². The van der Waals surface area contributed by atoms with Crippen LogP contribution in [-0.2, 0) is 0 Å². The number of nitrogen functional groups attached to an aromatic ring is 1. The summed E-state index contributed by atoms with van der Waals surface area (Å²) in [5.74, 6) is 0. The molecule has 0 aliphatic rings. The normalized spacial score (nSPS) is 10.5. The van der Waals surface area contributed by atoms with E-state index < -0.39 is 0 Å². The zero-order valence-corrected chi connectivity index (χ0v) is 10.5. The van der Waals surface area contributed by atoms with E-state index in [1.165, 1.54) is 11.8 Å². The zero-order valence-electron chi connectivity index (χ0n) is 9.70. The molecule has 2 N–H and O–H groups in total. The molecule has 19 heavy (non-hydrogen) atoms. The van der Waals surface area contributed by atoms with Crippen LogP contribution in [0.1, 0.15) is 5.56 Å². The quantitative estimate of drug-likeness (QED) is 0.768. The number of aromatic nitrogens is 2. The number of hydrogen-bond donors (Lipinski definition) is 1. The van der Waals surface area contributed by atoms with Crippen molar-refractivity contribution in [2.75, 3.05) is 5.73 Å². The van der Waals surface area contributed by atoms with Gasteiger partial charge in [-0.1, -0.05) is 12.1 Å². The minimum Gasteiger partial charge on any atom is -0.431 e. The first kappa shape index (κ1) is 11.6. The van der Waals surface area contributed by atoms with Gasteiger partial charge in [-0.15, -0.1) is 0 Å². The number of nitrogens with two attached hydrogens (primary N) is 1. The number of rotatable bonds is 2. The van der Waals surface area contributed by atoms with Crippen LogP contribution in [0.15, 0.2) is 51.2 Å². The molecule has 5 nitrogen and oxygen atoms in total. The molecular formula is C13H8N4OS. The second-order valence-electron chi connectivity index (χ2n) is 3.74. The molecule has 0 radical (unpaired) electrons. The average molecular weight is 268 g/mol. The molecule has 3 aromatic rings. The fourth-order valence-corrected chi connectivity index (χ4v) is 2.38. The minimum atomic E-state index is 0.345. The Morgan fingerprint density at radius 3 is 2.89 bits per heavy atom. The molecule has 0 saturated heterocycles. The van der Waals surface area contributed by atoms with E-state index in [9.17, 15) is 0 Å². The molecule has 3 rings (SSSR count). The summed E-state index contributed by atoms with van der Waals surface area (Å²) in [6, 6.07) is 11.1. The molecule has 0 saturated carbocycles. The van der Waals surface area contributed by atoms with E-state index in [-0.39, 0.29) is 0 Å². The van der Waals surface area contributed by atoms with Gasteiger partial charge in [0, 0.05) is 6.20 Å². The molecular weight excluding hydrogens is 260 g/mol. The highest BCUT2D eigenvalue weighted by Crippen LogP contribution is 2.32. The van der Waals surface area contributed by atoms with Gasteiger partial charge in [-0.3, -0.25) is 0 Å². The maximum absolute atomic E-state index is 8.92. The van der Waals surface area contributed by atoms with Crippen LogP contribution in [0.2, 0.25) is 0 Å². The lowest BCUT2D eigenvalue weighted by molar-refractivity contribution is 0.489. The first-order valence-corrected chi connectivity index (χ1v) is 6.27. The summed E-state index contributed by atoms with van der Waals surface area (Å²) in [5, 5.41) is 9.89. The molecule has 0 unspecified atom stereocenters. The standard InChI is InChI=1S/C13H8N4OS/c14-7-8-5-6-16-12(11(8)15)19-13-17-9-3-1-2-4-10(9)18-13/h1-6H,15H2. The Morgan fingerprint density at radius 2 is 2.11 bits per heavy atom. The van der Waals surface area contributed by atoms with E-state index in [1.807, 2.05) is 30.3 Å². The maximum Gasteiger partial charge on any atom is 0.263 e. The summed E-state index contributed by atoms with van der Waals surface area (Å²) in [5.41, 5.74) is 8.09. The third-order valence-electron chi connectivity index (χ3n) is 2.53. The molecule has 0 aliphatic carbocycles. The molecule has 2 heterocycles. The lowest BCUT2D eigenvalue weighted by Gasteiger charge is -2.01. The number of oxazole rings is 1. The van der Waals surface area contributed by atoms with Gasteiger partial charge in [-0.25, -0.2) is 9.97 Å². The van der Waals surface area contributed by atoms with Crippen molar-refractivity contribution in [1.29, 1.82) is 5.26 Å². The highest BCUT2D eigenvalue weighted by Gasteiger charge is 2.12. The number of hydrogen-bond acceptors (Lipinski definition) is 6. The number of nitrogens with zero attached hydrogens (tertiary/aromatic N) is 3. The Labute approximate surface area is 113 Å². The van der Waals surface area contributed by atoms with E-state index in [0.29, 0.717) is 27.1 Å². The third kappa shape index (κ3) is 2.11. The van der Waals surface area contributed by atoms with Crippen molar-refractivity contribution in [3.8, 4) is 6.07 Å². The largest absolute Gasteiger partial charge is 0.431 e. The van der Waals surface area contributed by atoms with Crippen LogP contribution in [-0.4, -0.2) is 9.97 Å². The average Bonchev–Trinajstić information content (AvgIpc) is 2.83. The van der Waals surface area contributed by atoms with Gasteiger partial charge in [-0.2, -0.15) is 5.26 Å². The van der Waals surface area contributed by atoms with E-state index in [0.717, 1.165) is 5.52 Å². The smallest absolute Gasteiger partial charge is 0.263 e. The first-order chi connectivity index (χ1) is 9.28. The molecule has 0 aliphatic heterocycles. The predicted molar refractivity (Wildman–Crippen MR) is 71.5 cm³/mol. The zero-order chi connectivity index (χ0) is 13.2. The number of anilines is 1. The monoisotopic (exact) mass is 268 g/mol. The van der Waals surface area contributed by atoms with Crippen LogP contribution in [0.3, 0.4) is 0 Å². The van der Waals surface area contributed by atoms with Crippen molar-refractivity contribution in [3.63, 3.8) is 0 Å². The van der Waals surface area contributed by atoms with Crippen molar-refractivity contribution in [3.05, 3.63) is 42.1 Å². The van der Waals surface area contributed by atoms with Crippen LogP contribution >= 0.6 is 11.8 Å². The number of para-hydroxylation sites is 2. The number of pyridine rings is 1. The van der Waals surface area contributed by atoms with Crippen molar-refractivity contribution in [2.24, 2.45) is 0 Å². The van der Waals surface area contributed by atoms with Crippen molar-refractivity contribution >= 4 is 28.5 Å². The van der Waals surface area contributed by atoms with Gasteiger partial charge in [0.25, 0.3) is 5.22 Å². The summed E-state index contributed by atoms with van der Waals surface area (Å²) in [6.07, 6.45) is 1.54. The molecule has 0 fully saturated rings. The van der Waals surface area contributed by atoms with Crippen molar-refractivity contribution in [2.45, 2.75) is 10.2 Å². The lowest BCUT2D eigenvalue weighted by Crippen LogP contribution is -1.95. The van der Waals surface area contributed by atoms with Crippen molar-refractivity contribution in [1.82, 2.24) is 9.97 Å². The van der Waals surface area contributed by atoms with Gasteiger partial charge in [0.15, 0.2) is 5.58 Å². The Balaban J connectivity index is 1.99. The van der Waals surface area contributed by atoms with Gasteiger partial charge < -0.3 is 10.2 Å². The first-order valence-electron chi connectivity index (χ1n) is 5.46. The topological polar surface area (TPSA) is 88.7 Å². The Bertz CT molecular complexity index is 758. The summed E-state index contributed by atoms with van der Waals surface area (Å²) in [4.78, 5) is 8.46. The van der Waals surface area contributed by atoms with E-state index in [4.69, 9.17) is 15.4 Å². The highest BCUT2D eigenvalue weighted by molar-refractivity contribution is 7.99. The van der Waals surface area contributed by atoms with Crippen LogP contribution in [0, 0.1) is 11.3 Å². The maximum atomic E-state index is 8.92. The van der Waals surface area contributed by atoms with Crippen LogP contribution in [0.25, 0.3) is 11.1 Å². The van der Waals surface area contributed by atoms with Gasteiger partial charge in [0.05, 0.1) is 11.3 Å². The Hall–Kier alpha value is -2.52. The highest BCUT2D eigenvalue weighted by atomic mass is 32.2. The fraction of sp³-hybridized carbons (Fsp3) is 0. The Kier molecular flexibility index (Phi) is 2.82. The summed E-state index contributed by atoms with van der Waals surface area (Å²) in [7, 11) is 0. The molecule has 0 atom stereocenters. The summed E-state index contributed by atoms with van der Waals surface area (Å²) in [6.45, 7) is 0. The molecule has 0 amide bonds. The Morgan fingerprint density at radius 1 is 1.26 bits per heavy atom. The molecule has 2 aromatic heterocycles. The second kappa shape index (κ2) is 4.63. The van der Waals surface area contributed by atoms with Crippen LogP contribution in [0.5, 0.6) is 0 Å². The third-order valence-corrected chi connectivity index (χ3v) is 3.40. The second-order valence-corrected chi connectivity index (χ2v) is 4.68.